The van der Waals surface area contributed by atoms with Crippen LogP contribution >= 0.6 is 23.1 Å². The summed E-state index contributed by atoms with van der Waals surface area (Å²) in [6, 6.07) is 17.8. The molecule has 30 heavy (non-hydrogen) atoms. The van der Waals surface area contributed by atoms with Crippen molar-refractivity contribution in [3.63, 3.8) is 0 Å². The van der Waals surface area contributed by atoms with Gasteiger partial charge in [-0.05, 0) is 37.1 Å². The van der Waals surface area contributed by atoms with Crippen molar-refractivity contribution in [3.05, 3.63) is 59.6 Å². The number of hydrogen-bond donors (Lipinski definition) is 0. The summed E-state index contributed by atoms with van der Waals surface area (Å²) in [4.78, 5) is 19.5. The highest BCUT2D eigenvalue weighted by Gasteiger charge is 2.27. The van der Waals surface area contributed by atoms with Crippen LogP contribution in [0.4, 0.5) is 0 Å². The number of carbonyl (C=O) groups is 1. The van der Waals surface area contributed by atoms with Gasteiger partial charge in [0.05, 0.1) is 21.0 Å². The highest BCUT2D eigenvalue weighted by Crippen LogP contribution is 2.33. The van der Waals surface area contributed by atoms with Crippen LogP contribution in [0.25, 0.3) is 21.7 Å². The van der Waals surface area contributed by atoms with Gasteiger partial charge in [-0.2, -0.15) is 0 Å². The van der Waals surface area contributed by atoms with Gasteiger partial charge in [-0.3, -0.25) is 4.79 Å². The van der Waals surface area contributed by atoms with Crippen LogP contribution in [0, 0.1) is 0 Å². The first-order valence-corrected chi connectivity index (χ1v) is 11.7. The second-order valence-corrected chi connectivity index (χ2v) is 9.22. The molecule has 1 atom stereocenters. The predicted octanol–water partition coefficient (Wildman–Crippen LogP) is 4.84. The van der Waals surface area contributed by atoms with Gasteiger partial charge in [0.1, 0.15) is 0 Å². The molecule has 6 nitrogen and oxygen atoms in total. The number of piperidine rings is 1. The Hall–Kier alpha value is -2.71. The first kappa shape index (κ1) is 19.3. The standard InChI is InChI=1S/C22H20N4O2S2/c27-19(14-29-22-25-24-20(28-22)15-7-2-1-3-8-15)26-12-6-9-16(13-26)21-23-17-10-4-5-11-18(17)30-21/h1-5,7-8,10-11,16H,6,9,12-14H2/t16-/m1/s1. The van der Waals surface area contributed by atoms with E-state index >= 15 is 0 Å². The average molecular weight is 437 g/mol. The molecule has 0 saturated carbocycles. The maximum atomic E-state index is 12.8. The van der Waals surface area contributed by atoms with Gasteiger partial charge in [0, 0.05) is 24.6 Å². The second-order valence-electron chi connectivity index (χ2n) is 7.23. The van der Waals surface area contributed by atoms with Crippen LogP contribution in [0.1, 0.15) is 23.8 Å². The third-order valence-corrected chi connectivity index (χ3v) is 7.18. The lowest BCUT2D eigenvalue weighted by atomic mass is 9.99. The largest absolute Gasteiger partial charge is 0.411 e. The summed E-state index contributed by atoms with van der Waals surface area (Å²) in [5.74, 6) is 1.17. The molecule has 1 amide bonds. The highest BCUT2D eigenvalue weighted by molar-refractivity contribution is 7.99. The summed E-state index contributed by atoms with van der Waals surface area (Å²) < 4.78 is 6.90. The van der Waals surface area contributed by atoms with E-state index in [1.807, 2.05) is 53.4 Å². The minimum atomic E-state index is 0.102. The maximum Gasteiger partial charge on any atom is 0.277 e. The SMILES string of the molecule is O=C(CSc1nnc(-c2ccccc2)o1)N1CCC[C@@H](c2nc3ccccc3s2)C1. The Morgan fingerprint density at radius 2 is 1.97 bits per heavy atom. The smallest absolute Gasteiger partial charge is 0.277 e. The summed E-state index contributed by atoms with van der Waals surface area (Å²) in [5.41, 5.74) is 1.92. The topological polar surface area (TPSA) is 72.1 Å². The zero-order chi connectivity index (χ0) is 20.3. The number of thiazole rings is 1. The summed E-state index contributed by atoms with van der Waals surface area (Å²) >= 11 is 3.03. The number of amides is 1. The second kappa shape index (κ2) is 8.57. The van der Waals surface area contributed by atoms with Crippen molar-refractivity contribution in [2.75, 3.05) is 18.8 Å². The van der Waals surface area contributed by atoms with E-state index in [2.05, 4.69) is 16.3 Å². The molecule has 152 valence electrons. The van der Waals surface area contributed by atoms with Crippen LogP contribution in [0.5, 0.6) is 0 Å². The molecular formula is C22H20N4O2S2. The fraction of sp³-hybridized carbons (Fsp3) is 0.273. The molecule has 0 spiro atoms. The molecule has 0 N–H and O–H groups in total. The molecule has 8 heteroatoms. The number of benzene rings is 2. The van der Waals surface area contributed by atoms with Crippen LogP contribution in [0.2, 0.25) is 0 Å². The van der Waals surface area contributed by atoms with Gasteiger partial charge in [-0.25, -0.2) is 4.98 Å². The summed E-state index contributed by atoms with van der Waals surface area (Å²) in [6.07, 6.45) is 2.07. The Morgan fingerprint density at radius 3 is 2.83 bits per heavy atom. The van der Waals surface area contributed by atoms with Crippen molar-refractivity contribution in [1.29, 1.82) is 0 Å². The summed E-state index contributed by atoms with van der Waals surface area (Å²) in [5, 5.41) is 9.69. The molecule has 1 aliphatic heterocycles. The Labute approximate surface area is 182 Å². The summed E-state index contributed by atoms with van der Waals surface area (Å²) in [6.45, 7) is 1.51. The Kier molecular flexibility index (Phi) is 5.50. The number of likely N-dealkylation sites (tertiary alicyclic amines) is 1. The molecular weight excluding hydrogens is 416 g/mol. The fourth-order valence-electron chi connectivity index (χ4n) is 3.65. The monoisotopic (exact) mass is 436 g/mol. The van der Waals surface area contributed by atoms with Gasteiger partial charge in [-0.15, -0.1) is 21.5 Å². The van der Waals surface area contributed by atoms with Crippen LogP contribution in [0.3, 0.4) is 0 Å². The number of hydrogen-bond acceptors (Lipinski definition) is 7. The molecule has 5 rings (SSSR count). The van der Waals surface area contributed by atoms with Crippen molar-refractivity contribution >= 4 is 39.2 Å². The predicted molar refractivity (Wildman–Crippen MR) is 119 cm³/mol. The van der Waals surface area contributed by atoms with Gasteiger partial charge in [0.15, 0.2) is 0 Å². The molecule has 1 aliphatic rings. The molecule has 2 aromatic carbocycles. The van der Waals surface area contributed by atoms with Gasteiger partial charge in [0.2, 0.25) is 11.8 Å². The molecule has 1 saturated heterocycles. The van der Waals surface area contributed by atoms with E-state index in [4.69, 9.17) is 9.40 Å². The average Bonchev–Trinajstić information content (AvgIpc) is 3.45. The minimum absolute atomic E-state index is 0.102. The van der Waals surface area contributed by atoms with Crippen LogP contribution in [-0.2, 0) is 4.79 Å². The lowest BCUT2D eigenvalue weighted by Crippen LogP contribution is -2.40. The van der Waals surface area contributed by atoms with E-state index in [1.165, 1.54) is 16.5 Å². The number of para-hydroxylation sites is 1. The molecule has 0 bridgehead atoms. The molecule has 0 unspecified atom stereocenters. The molecule has 0 aliphatic carbocycles. The zero-order valence-electron chi connectivity index (χ0n) is 16.2. The first-order chi connectivity index (χ1) is 14.8. The van der Waals surface area contributed by atoms with Crippen LogP contribution in [0.15, 0.2) is 64.2 Å². The first-order valence-electron chi connectivity index (χ1n) is 9.91. The van der Waals surface area contributed by atoms with E-state index in [0.717, 1.165) is 42.0 Å². The van der Waals surface area contributed by atoms with Crippen molar-refractivity contribution in [1.82, 2.24) is 20.1 Å². The lowest BCUT2D eigenvalue weighted by Gasteiger charge is -2.31. The van der Waals surface area contributed by atoms with Gasteiger partial charge >= 0.3 is 0 Å². The maximum absolute atomic E-state index is 12.8. The molecule has 3 heterocycles. The zero-order valence-corrected chi connectivity index (χ0v) is 17.9. The van der Waals surface area contributed by atoms with Crippen molar-refractivity contribution in [2.45, 2.75) is 24.0 Å². The van der Waals surface area contributed by atoms with Crippen molar-refractivity contribution < 1.29 is 9.21 Å². The number of thioether (sulfide) groups is 1. The number of rotatable bonds is 5. The van der Waals surface area contributed by atoms with Crippen molar-refractivity contribution in [3.8, 4) is 11.5 Å². The molecule has 4 aromatic rings. The van der Waals surface area contributed by atoms with E-state index in [9.17, 15) is 4.79 Å². The van der Waals surface area contributed by atoms with E-state index < -0.39 is 0 Å². The highest BCUT2D eigenvalue weighted by atomic mass is 32.2. The molecule has 0 radical (unpaired) electrons. The number of carbonyl (C=O) groups excluding carboxylic acids is 1. The lowest BCUT2D eigenvalue weighted by molar-refractivity contribution is -0.129. The number of aromatic nitrogens is 3. The van der Waals surface area contributed by atoms with E-state index in [1.54, 1.807) is 11.3 Å². The number of fused-ring (bicyclic) bond motifs is 1. The Morgan fingerprint density at radius 1 is 1.13 bits per heavy atom. The molecule has 2 aromatic heterocycles. The molecule has 1 fully saturated rings. The normalized spacial score (nSPS) is 16.8. The third-order valence-electron chi connectivity index (χ3n) is 5.18. The minimum Gasteiger partial charge on any atom is -0.411 e. The quantitative estimate of drug-likeness (QED) is 0.417. The van der Waals surface area contributed by atoms with Gasteiger partial charge in [-0.1, -0.05) is 42.1 Å². The Balaban J connectivity index is 1.20. The Bertz CT molecular complexity index is 1130. The van der Waals surface area contributed by atoms with E-state index in [0.29, 0.717) is 22.8 Å². The fourth-order valence-corrected chi connectivity index (χ4v) is 5.41. The van der Waals surface area contributed by atoms with E-state index in [-0.39, 0.29) is 5.91 Å². The van der Waals surface area contributed by atoms with Crippen LogP contribution < -0.4 is 0 Å². The van der Waals surface area contributed by atoms with Crippen LogP contribution in [-0.4, -0.2) is 44.8 Å². The third kappa shape index (κ3) is 4.11. The van der Waals surface area contributed by atoms with Gasteiger partial charge in [0.25, 0.3) is 5.22 Å². The summed E-state index contributed by atoms with van der Waals surface area (Å²) in [7, 11) is 0. The van der Waals surface area contributed by atoms with Gasteiger partial charge < -0.3 is 9.32 Å². The van der Waals surface area contributed by atoms with Crippen molar-refractivity contribution in [2.24, 2.45) is 0 Å². The number of nitrogens with zero attached hydrogens (tertiary/aromatic N) is 4.